The van der Waals surface area contributed by atoms with Crippen molar-refractivity contribution in [2.45, 2.75) is 38.8 Å². The Labute approximate surface area is 104 Å². The van der Waals surface area contributed by atoms with Gasteiger partial charge in [-0.3, -0.25) is 0 Å². The summed E-state index contributed by atoms with van der Waals surface area (Å²) in [6.45, 7) is 4.89. The predicted molar refractivity (Wildman–Crippen MR) is 69.3 cm³/mol. The summed E-state index contributed by atoms with van der Waals surface area (Å²) in [5.74, 6) is 0. The fourth-order valence-corrected chi connectivity index (χ4v) is 3.20. The predicted octanol–water partition coefficient (Wildman–Crippen LogP) is 3.72. The van der Waals surface area contributed by atoms with Crippen LogP contribution in [0.5, 0.6) is 0 Å². The van der Waals surface area contributed by atoms with Gasteiger partial charge in [-0.15, -0.1) is 0 Å². The number of hydrogen-bond donors (Lipinski definition) is 1. The lowest BCUT2D eigenvalue weighted by atomic mass is 10.0. The standard InChI is InChI=1S/C11H18BrNOS/c1-3-5-10(14-4-2)11(13)8-6-15-7-9(8)12/h6-7,10-11H,3-5,13H2,1-2H3. The summed E-state index contributed by atoms with van der Waals surface area (Å²) in [6, 6.07) is -0.0227. The first kappa shape index (κ1) is 13.2. The van der Waals surface area contributed by atoms with Crippen LogP contribution in [0.2, 0.25) is 0 Å². The number of thiophene rings is 1. The molecule has 2 nitrogen and oxygen atoms in total. The van der Waals surface area contributed by atoms with E-state index < -0.39 is 0 Å². The van der Waals surface area contributed by atoms with Crippen LogP contribution in [-0.4, -0.2) is 12.7 Å². The van der Waals surface area contributed by atoms with E-state index >= 15 is 0 Å². The van der Waals surface area contributed by atoms with Gasteiger partial charge >= 0.3 is 0 Å². The van der Waals surface area contributed by atoms with E-state index in [0.717, 1.165) is 29.5 Å². The molecule has 86 valence electrons. The van der Waals surface area contributed by atoms with Crippen molar-refractivity contribution in [2.75, 3.05) is 6.61 Å². The van der Waals surface area contributed by atoms with Crippen LogP contribution in [0.25, 0.3) is 0 Å². The maximum Gasteiger partial charge on any atom is 0.0768 e. The van der Waals surface area contributed by atoms with Crippen molar-refractivity contribution in [3.63, 3.8) is 0 Å². The Morgan fingerprint density at radius 3 is 2.67 bits per heavy atom. The third-order valence-electron chi connectivity index (χ3n) is 2.36. The minimum Gasteiger partial charge on any atom is -0.377 e. The molecule has 0 radical (unpaired) electrons. The molecule has 2 N–H and O–H groups in total. The molecule has 0 bridgehead atoms. The molecule has 0 saturated carbocycles. The van der Waals surface area contributed by atoms with Gasteiger partial charge in [0, 0.05) is 16.5 Å². The summed E-state index contributed by atoms with van der Waals surface area (Å²) >= 11 is 5.18. The van der Waals surface area contributed by atoms with Crippen LogP contribution in [0.4, 0.5) is 0 Å². The zero-order valence-electron chi connectivity index (χ0n) is 9.20. The van der Waals surface area contributed by atoms with E-state index in [4.69, 9.17) is 10.5 Å². The molecule has 0 spiro atoms. The molecule has 0 aliphatic rings. The fourth-order valence-electron chi connectivity index (χ4n) is 1.59. The molecule has 1 heterocycles. The second kappa shape index (κ2) is 6.63. The van der Waals surface area contributed by atoms with Gasteiger partial charge in [0.2, 0.25) is 0 Å². The van der Waals surface area contributed by atoms with Gasteiger partial charge in [0.25, 0.3) is 0 Å². The van der Waals surface area contributed by atoms with Crippen molar-refractivity contribution in [3.05, 3.63) is 20.8 Å². The molecule has 1 aromatic heterocycles. The number of rotatable bonds is 6. The molecule has 1 rings (SSSR count). The van der Waals surface area contributed by atoms with Crippen molar-refractivity contribution in [1.29, 1.82) is 0 Å². The van der Waals surface area contributed by atoms with Crippen LogP contribution in [0, 0.1) is 0 Å². The van der Waals surface area contributed by atoms with Crippen molar-refractivity contribution < 1.29 is 4.74 Å². The van der Waals surface area contributed by atoms with E-state index in [1.54, 1.807) is 11.3 Å². The lowest BCUT2D eigenvalue weighted by molar-refractivity contribution is 0.0374. The number of ether oxygens (including phenoxy) is 1. The molecular weight excluding hydrogens is 274 g/mol. The lowest BCUT2D eigenvalue weighted by Gasteiger charge is -2.23. The van der Waals surface area contributed by atoms with Gasteiger partial charge in [-0.1, -0.05) is 13.3 Å². The Morgan fingerprint density at radius 2 is 2.20 bits per heavy atom. The summed E-state index contributed by atoms with van der Waals surface area (Å²) in [5.41, 5.74) is 7.37. The number of hydrogen-bond acceptors (Lipinski definition) is 3. The minimum absolute atomic E-state index is 0.0227. The van der Waals surface area contributed by atoms with Crippen LogP contribution >= 0.6 is 27.3 Å². The van der Waals surface area contributed by atoms with E-state index in [0.29, 0.717) is 0 Å². The van der Waals surface area contributed by atoms with Crippen LogP contribution in [0.15, 0.2) is 15.2 Å². The molecule has 1 aromatic rings. The zero-order valence-corrected chi connectivity index (χ0v) is 11.6. The third kappa shape index (κ3) is 3.55. The SMILES string of the molecule is CCCC(OCC)C(N)c1cscc1Br. The maximum atomic E-state index is 6.21. The van der Waals surface area contributed by atoms with E-state index in [1.807, 2.05) is 6.92 Å². The van der Waals surface area contributed by atoms with E-state index in [2.05, 4.69) is 33.6 Å². The summed E-state index contributed by atoms with van der Waals surface area (Å²) in [7, 11) is 0. The van der Waals surface area contributed by atoms with Crippen molar-refractivity contribution in [2.24, 2.45) is 5.73 Å². The molecule has 4 heteroatoms. The lowest BCUT2D eigenvalue weighted by Crippen LogP contribution is -2.28. The first-order valence-electron chi connectivity index (χ1n) is 5.29. The quantitative estimate of drug-likeness (QED) is 0.867. The van der Waals surface area contributed by atoms with Gasteiger partial charge in [0.1, 0.15) is 0 Å². The fraction of sp³-hybridized carbons (Fsp3) is 0.636. The highest BCUT2D eigenvalue weighted by atomic mass is 79.9. The van der Waals surface area contributed by atoms with E-state index in [-0.39, 0.29) is 12.1 Å². The summed E-state index contributed by atoms with van der Waals surface area (Å²) < 4.78 is 6.78. The Hall–Kier alpha value is 0.100. The van der Waals surface area contributed by atoms with Gasteiger partial charge in [-0.25, -0.2) is 0 Å². The molecule has 0 aliphatic carbocycles. The normalized spacial score (nSPS) is 15.2. The van der Waals surface area contributed by atoms with Gasteiger partial charge in [-0.05, 0) is 40.2 Å². The first-order chi connectivity index (χ1) is 7.20. The average molecular weight is 292 g/mol. The van der Waals surface area contributed by atoms with Crippen LogP contribution in [0.1, 0.15) is 38.3 Å². The second-order valence-corrected chi connectivity index (χ2v) is 5.08. The summed E-state index contributed by atoms with van der Waals surface area (Å²) in [4.78, 5) is 0. The highest BCUT2D eigenvalue weighted by Gasteiger charge is 2.21. The van der Waals surface area contributed by atoms with Crippen LogP contribution < -0.4 is 5.73 Å². The Bertz CT molecular complexity index is 284. The minimum atomic E-state index is -0.0227. The Balaban J connectivity index is 2.71. The Morgan fingerprint density at radius 1 is 1.47 bits per heavy atom. The molecule has 0 fully saturated rings. The molecule has 2 atom stereocenters. The van der Waals surface area contributed by atoms with Gasteiger partial charge in [-0.2, -0.15) is 11.3 Å². The second-order valence-electron chi connectivity index (χ2n) is 3.48. The monoisotopic (exact) mass is 291 g/mol. The molecule has 15 heavy (non-hydrogen) atoms. The highest BCUT2D eigenvalue weighted by Crippen LogP contribution is 2.30. The Kier molecular flexibility index (Phi) is 5.82. The van der Waals surface area contributed by atoms with Crippen molar-refractivity contribution in [3.8, 4) is 0 Å². The van der Waals surface area contributed by atoms with Gasteiger partial charge in [0.05, 0.1) is 12.1 Å². The molecule has 0 saturated heterocycles. The van der Waals surface area contributed by atoms with E-state index in [1.165, 1.54) is 0 Å². The van der Waals surface area contributed by atoms with Gasteiger partial charge < -0.3 is 10.5 Å². The number of nitrogens with two attached hydrogens (primary N) is 1. The van der Waals surface area contributed by atoms with Crippen LogP contribution in [0.3, 0.4) is 0 Å². The highest BCUT2D eigenvalue weighted by molar-refractivity contribution is 9.10. The zero-order chi connectivity index (χ0) is 11.3. The first-order valence-corrected chi connectivity index (χ1v) is 7.03. The van der Waals surface area contributed by atoms with Crippen molar-refractivity contribution in [1.82, 2.24) is 0 Å². The van der Waals surface area contributed by atoms with E-state index in [9.17, 15) is 0 Å². The molecule has 0 aromatic carbocycles. The van der Waals surface area contributed by atoms with Crippen LogP contribution in [-0.2, 0) is 4.74 Å². The molecular formula is C11H18BrNOS. The van der Waals surface area contributed by atoms with Crippen molar-refractivity contribution >= 4 is 27.3 Å². The average Bonchev–Trinajstić information content (AvgIpc) is 2.63. The largest absolute Gasteiger partial charge is 0.377 e. The maximum absolute atomic E-state index is 6.21. The van der Waals surface area contributed by atoms with Gasteiger partial charge in [0.15, 0.2) is 0 Å². The topological polar surface area (TPSA) is 35.2 Å². The molecule has 0 aliphatic heterocycles. The third-order valence-corrected chi connectivity index (χ3v) is 4.11. The smallest absolute Gasteiger partial charge is 0.0768 e. The summed E-state index contributed by atoms with van der Waals surface area (Å²) in [6.07, 6.45) is 2.24. The summed E-state index contributed by atoms with van der Waals surface area (Å²) in [5, 5.41) is 4.15. The molecule has 0 amide bonds. The number of halogens is 1. The molecule has 2 unspecified atom stereocenters.